The summed E-state index contributed by atoms with van der Waals surface area (Å²) in [6, 6.07) is 3.18. The number of halogens is 1. The van der Waals surface area contributed by atoms with E-state index in [9.17, 15) is 4.79 Å². The number of nitrogens with two attached hydrogens (primary N) is 1. The van der Waals surface area contributed by atoms with Crippen LogP contribution in [-0.4, -0.2) is 10.9 Å². The number of hydrazine groups is 1. The minimum absolute atomic E-state index is 0.314. The lowest BCUT2D eigenvalue weighted by molar-refractivity contribution is 0.0953. The van der Waals surface area contributed by atoms with Crippen LogP contribution in [0.1, 0.15) is 29.4 Å². The summed E-state index contributed by atoms with van der Waals surface area (Å²) in [5, 5.41) is 0.314. The van der Waals surface area contributed by atoms with E-state index in [4.69, 9.17) is 17.4 Å². The van der Waals surface area contributed by atoms with Gasteiger partial charge in [0.25, 0.3) is 5.91 Å². The molecular weight excluding hydrogens is 202 g/mol. The maximum atomic E-state index is 11.2. The van der Waals surface area contributed by atoms with Crippen LogP contribution < -0.4 is 11.3 Å². The van der Waals surface area contributed by atoms with Gasteiger partial charge in [0.15, 0.2) is 0 Å². The molecule has 0 spiro atoms. The van der Waals surface area contributed by atoms with E-state index >= 15 is 0 Å². The summed E-state index contributed by atoms with van der Waals surface area (Å²) in [7, 11) is 0. The van der Waals surface area contributed by atoms with Crippen molar-refractivity contribution in [2.24, 2.45) is 5.84 Å². The molecule has 0 unspecified atom stereocenters. The fourth-order valence-corrected chi connectivity index (χ4v) is 1.38. The standard InChI is InChI=1S/C9H12ClN3O/c1-2-3-7-4-6(9(14)13-11)5-8(10)12-7/h4-5H,2-3,11H2,1H3,(H,13,14). The predicted molar refractivity (Wildman–Crippen MR) is 54.9 cm³/mol. The number of pyridine rings is 1. The Labute approximate surface area is 87.4 Å². The van der Waals surface area contributed by atoms with Gasteiger partial charge in [0.2, 0.25) is 0 Å². The van der Waals surface area contributed by atoms with Gasteiger partial charge in [-0.1, -0.05) is 24.9 Å². The van der Waals surface area contributed by atoms with Crippen molar-refractivity contribution in [1.82, 2.24) is 10.4 Å². The number of nitrogens with zero attached hydrogens (tertiary/aromatic N) is 1. The van der Waals surface area contributed by atoms with Crippen molar-refractivity contribution in [2.75, 3.05) is 0 Å². The van der Waals surface area contributed by atoms with Gasteiger partial charge in [0.1, 0.15) is 5.15 Å². The van der Waals surface area contributed by atoms with Gasteiger partial charge in [0.05, 0.1) is 0 Å². The molecule has 0 saturated carbocycles. The molecule has 3 N–H and O–H groups in total. The first-order chi connectivity index (χ1) is 6.67. The SMILES string of the molecule is CCCc1cc(C(=O)NN)cc(Cl)n1. The van der Waals surface area contributed by atoms with Crippen molar-refractivity contribution in [2.45, 2.75) is 19.8 Å². The minimum atomic E-state index is -0.355. The Kier molecular flexibility index (Phi) is 3.85. The Morgan fingerprint density at radius 2 is 2.36 bits per heavy atom. The second-order valence-electron chi connectivity index (χ2n) is 2.89. The first-order valence-electron chi connectivity index (χ1n) is 4.34. The maximum Gasteiger partial charge on any atom is 0.265 e. The Morgan fingerprint density at radius 1 is 1.64 bits per heavy atom. The average Bonchev–Trinajstić information content (AvgIpc) is 2.16. The van der Waals surface area contributed by atoms with E-state index in [2.05, 4.69) is 10.4 Å². The summed E-state index contributed by atoms with van der Waals surface area (Å²) < 4.78 is 0. The van der Waals surface area contributed by atoms with Crippen LogP contribution in [0, 0.1) is 0 Å². The fourth-order valence-electron chi connectivity index (χ4n) is 1.15. The molecular formula is C9H12ClN3O. The number of nitrogen functional groups attached to an aromatic ring is 1. The molecule has 1 heterocycles. The Morgan fingerprint density at radius 3 is 2.93 bits per heavy atom. The predicted octanol–water partition coefficient (Wildman–Crippen LogP) is 1.29. The van der Waals surface area contributed by atoms with Gasteiger partial charge in [-0.2, -0.15) is 0 Å². The zero-order chi connectivity index (χ0) is 10.6. The van der Waals surface area contributed by atoms with Gasteiger partial charge < -0.3 is 0 Å². The van der Waals surface area contributed by atoms with Crippen LogP contribution in [0.5, 0.6) is 0 Å². The van der Waals surface area contributed by atoms with E-state index < -0.39 is 0 Å². The number of aromatic nitrogens is 1. The molecule has 0 radical (unpaired) electrons. The Bertz CT molecular complexity index is 341. The van der Waals surface area contributed by atoms with Crippen LogP contribution in [0.15, 0.2) is 12.1 Å². The van der Waals surface area contributed by atoms with Crippen LogP contribution in [0.4, 0.5) is 0 Å². The fraction of sp³-hybridized carbons (Fsp3) is 0.333. The lowest BCUT2D eigenvalue weighted by atomic mass is 10.1. The van der Waals surface area contributed by atoms with Crippen LogP contribution in [0.25, 0.3) is 0 Å². The quantitative estimate of drug-likeness (QED) is 0.344. The monoisotopic (exact) mass is 213 g/mol. The zero-order valence-corrected chi connectivity index (χ0v) is 8.64. The van der Waals surface area contributed by atoms with E-state index in [1.807, 2.05) is 6.92 Å². The van der Waals surface area contributed by atoms with Crippen LogP contribution in [0.2, 0.25) is 5.15 Å². The van der Waals surface area contributed by atoms with Crippen molar-refractivity contribution >= 4 is 17.5 Å². The molecule has 1 amide bonds. The van der Waals surface area contributed by atoms with Gasteiger partial charge in [-0.3, -0.25) is 10.2 Å². The third-order valence-electron chi connectivity index (χ3n) is 1.75. The van der Waals surface area contributed by atoms with Crippen molar-refractivity contribution in [3.05, 3.63) is 28.5 Å². The summed E-state index contributed by atoms with van der Waals surface area (Å²) >= 11 is 5.75. The van der Waals surface area contributed by atoms with Gasteiger partial charge in [-0.05, 0) is 18.6 Å². The molecule has 14 heavy (non-hydrogen) atoms. The number of amides is 1. The number of hydrogen-bond donors (Lipinski definition) is 2. The number of carbonyl (C=O) groups excluding carboxylic acids is 1. The molecule has 1 aromatic heterocycles. The topological polar surface area (TPSA) is 68.0 Å². The first kappa shape index (κ1) is 10.9. The lowest BCUT2D eigenvalue weighted by Crippen LogP contribution is -2.30. The molecule has 1 rings (SSSR count). The number of carbonyl (C=O) groups is 1. The van der Waals surface area contributed by atoms with Crippen LogP contribution >= 0.6 is 11.6 Å². The molecule has 1 aromatic rings. The Hall–Kier alpha value is -1.13. The van der Waals surface area contributed by atoms with Gasteiger partial charge in [-0.15, -0.1) is 0 Å². The smallest absolute Gasteiger partial charge is 0.265 e. The van der Waals surface area contributed by atoms with E-state index in [1.54, 1.807) is 6.07 Å². The summed E-state index contributed by atoms with van der Waals surface area (Å²) in [6.07, 6.45) is 1.75. The highest BCUT2D eigenvalue weighted by Gasteiger charge is 2.07. The molecule has 0 aliphatic heterocycles. The lowest BCUT2D eigenvalue weighted by Gasteiger charge is -2.03. The van der Waals surface area contributed by atoms with Gasteiger partial charge in [0, 0.05) is 11.3 Å². The van der Waals surface area contributed by atoms with Crippen molar-refractivity contribution in [3.63, 3.8) is 0 Å². The number of aryl methyl sites for hydroxylation is 1. The normalized spacial score (nSPS) is 9.93. The first-order valence-corrected chi connectivity index (χ1v) is 4.72. The van der Waals surface area contributed by atoms with Gasteiger partial charge >= 0.3 is 0 Å². The van der Waals surface area contributed by atoms with Crippen molar-refractivity contribution in [1.29, 1.82) is 0 Å². The second-order valence-corrected chi connectivity index (χ2v) is 3.28. The molecule has 0 aliphatic carbocycles. The van der Waals surface area contributed by atoms with E-state index in [0.29, 0.717) is 10.7 Å². The molecule has 76 valence electrons. The van der Waals surface area contributed by atoms with Gasteiger partial charge in [-0.25, -0.2) is 10.8 Å². The van der Waals surface area contributed by atoms with E-state index in [-0.39, 0.29) is 5.91 Å². The average molecular weight is 214 g/mol. The highest BCUT2D eigenvalue weighted by atomic mass is 35.5. The molecule has 5 heteroatoms. The zero-order valence-electron chi connectivity index (χ0n) is 7.88. The molecule has 0 atom stereocenters. The third-order valence-corrected chi connectivity index (χ3v) is 1.94. The molecule has 0 aromatic carbocycles. The minimum Gasteiger partial charge on any atom is -0.290 e. The highest BCUT2D eigenvalue weighted by Crippen LogP contribution is 2.12. The number of rotatable bonds is 3. The third kappa shape index (κ3) is 2.68. The summed E-state index contributed by atoms with van der Waals surface area (Å²) in [5.41, 5.74) is 3.30. The molecule has 0 saturated heterocycles. The molecule has 0 fully saturated rings. The highest BCUT2D eigenvalue weighted by molar-refractivity contribution is 6.29. The van der Waals surface area contributed by atoms with Crippen LogP contribution in [0.3, 0.4) is 0 Å². The molecule has 0 aliphatic rings. The Balaban J connectivity index is 3.00. The molecule has 0 bridgehead atoms. The van der Waals surface area contributed by atoms with E-state index in [0.717, 1.165) is 18.5 Å². The van der Waals surface area contributed by atoms with Crippen molar-refractivity contribution < 1.29 is 4.79 Å². The van der Waals surface area contributed by atoms with Crippen LogP contribution in [-0.2, 0) is 6.42 Å². The summed E-state index contributed by atoms with van der Waals surface area (Å²) in [4.78, 5) is 15.3. The number of hydrogen-bond acceptors (Lipinski definition) is 3. The van der Waals surface area contributed by atoms with E-state index in [1.165, 1.54) is 6.07 Å². The summed E-state index contributed by atoms with van der Waals surface area (Å²) in [6.45, 7) is 2.03. The number of nitrogens with one attached hydrogen (secondary N) is 1. The summed E-state index contributed by atoms with van der Waals surface area (Å²) in [5.74, 6) is 4.66. The maximum absolute atomic E-state index is 11.2. The molecule has 4 nitrogen and oxygen atoms in total. The second kappa shape index (κ2) is 4.93. The largest absolute Gasteiger partial charge is 0.290 e. The van der Waals surface area contributed by atoms with Crippen molar-refractivity contribution in [3.8, 4) is 0 Å².